The van der Waals surface area contributed by atoms with E-state index in [0.29, 0.717) is 0 Å². The summed E-state index contributed by atoms with van der Waals surface area (Å²) in [7, 11) is 6.87. The first-order valence-electron chi connectivity index (χ1n) is 4.38. The predicted molar refractivity (Wildman–Crippen MR) is 44.9 cm³/mol. The van der Waals surface area contributed by atoms with Crippen LogP contribution in [0.2, 0.25) is 0 Å². The molecule has 10 heavy (non-hydrogen) atoms. The van der Waals surface area contributed by atoms with Gasteiger partial charge < -0.3 is 4.48 Å². The summed E-state index contributed by atoms with van der Waals surface area (Å²) in [6.45, 7) is 1.38. The molecule has 1 nitrogen and oxygen atoms in total. The maximum Gasteiger partial charge on any atom is 0.0809 e. The Morgan fingerprint density at radius 1 is 1.10 bits per heavy atom. The highest BCUT2D eigenvalue weighted by molar-refractivity contribution is 4.65. The van der Waals surface area contributed by atoms with E-state index in [1.807, 2.05) is 0 Å². The highest BCUT2D eigenvalue weighted by Crippen LogP contribution is 2.25. The van der Waals surface area contributed by atoms with E-state index in [1.54, 1.807) is 0 Å². The lowest BCUT2D eigenvalue weighted by Crippen LogP contribution is -2.38. The highest BCUT2D eigenvalue weighted by Gasteiger charge is 2.21. The van der Waals surface area contributed by atoms with Crippen LogP contribution in [-0.2, 0) is 0 Å². The second-order valence-electron chi connectivity index (χ2n) is 4.62. The molecule has 1 saturated carbocycles. The van der Waals surface area contributed by atoms with Crippen LogP contribution in [0.5, 0.6) is 0 Å². The summed E-state index contributed by atoms with van der Waals surface area (Å²) in [6, 6.07) is 0. The maximum absolute atomic E-state index is 2.29. The molecular formula is C9H20N+. The van der Waals surface area contributed by atoms with Crippen molar-refractivity contribution in [3.05, 3.63) is 0 Å². The van der Waals surface area contributed by atoms with Gasteiger partial charge in [-0.2, -0.15) is 0 Å². The standard InChI is InChI=1S/C9H20N/c1-10(2,3)8-9-6-4-5-7-9/h9H,4-8H2,1-3H3/q+1. The fourth-order valence-electron chi connectivity index (χ4n) is 1.97. The molecule has 1 aliphatic rings. The zero-order chi connectivity index (χ0) is 7.61. The van der Waals surface area contributed by atoms with E-state index >= 15 is 0 Å². The van der Waals surface area contributed by atoms with Crippen molar-refractivity contribution in [1.29, 1.82) is 0 Å². The molecule has 0 atom stereocenters. The molecule has 0 aromatic heterocycles. The van der Waals surface area contributed by atoms with Crippen molar-refractivity contribution in [3.8, 4) is 0 Å². The summed E-state index contributed by atoms with van der Waals surface area (Å²) in [6.07, 6.45) is 5.92. The number of hydrogen-bond donors (Lipinski definition) is 0. The molecule has 0 amide bonds. The molecule has 0 N–H and O–H groups in total. The number of nitrogens with zero attached hydrogens (tertiary/aromatic N) is 1. The molecule has 1 heteroatoms. The third-order valence-corrected chi connectivity index (χ3v) is 2.28. The van der Waals surface area contributed by atoms with Crippen molar-refractivity contribution in [2.75, 3.05) is 27.7 Å². The molecule has 0 spiro atoms. The van der Waals surface area contributed by atoms with Crippen LogP contribution in [-0.4, -0.2) is 32.2 Å². The first-order valence-corrected chi connectivity index (χ1v) is 4.38. The Balaban J connectivity index is 2.24. The predicted octanol–water partition coefficient (Wildman–Crippen LogP) is 1.88. The molecule has 60 valence electrons. The van der Waals surface area contributed by atoms with Gasteiger partial charge in [-0.3, -0.25) is 0 Å². The van der Waals surface area contributed by atoms with Gasteiger partial charge in [-0.15, -0.1) is 0 Å². The molecule has 0 heterocycles. The maximum atomic E-state index is 2.29. The van der Waals surface area contributed by atoms with Gasteiger partial charge in [-0.25, -0.2) is 0 Å². The second-order valence-corrected chi connectivity index (χ2v) is 4.62. The largest absolute Gasteiger partial charge is 0.331 e. The third kappa shape index (κ3) is 2.70. The van der Waals surface area contributed by atoms with Gasteiger partial charge in [0.25, 0.3) is 0 Å². The Kier molecular flexibility index (Phi) is 2.35. The van der Waals surface area contributed by atoms with Crippen molar-refractivity contribution in [2.45, 2.75) is 25.7 Å². The van der Waals surface area contributed by atoms with Gasteiger partial charge in [-0.1, -0.05) is 12.8 Å². The van der Waals surface area contributed by atoms with Gasteiger partial charge in [0.1, 0.15) is 0 Å². The molecular weight excluding hydrogens is 122 g/mol. The summed E-state index contributed by atoms with van der Waals surface area (Å²) in [5, 5.41) is 0. The summed E-state index contributed by atoms with van der Waals surface area (Å²) in [5.74, 6) is 1.03. The van der Waals surface area contributed by atoms with Crippen LogP contribution in [0, 0.1) is 5.92 Å². The zero-order valence-corrected chi connectivity index (χ0v) is 7.56. The molecule has 1 fully saturated rings. The first-order chi connectivity index (χ1) is 4.58. The normalized spacial score (nSPS) is 21.9. The molecule has 0 aromatic carbocycles. The smallest absolute Gasteiger partial charge is 0.0809 e. The Hall–Kier alpha value is -0.0400. The summed E-state index contributed by atoms with van der Waals surface area (Å²) < 4.78 is 1.14. The minimum atomic E-state index is 1.03. The SMILES string of the molecule is C[N+](C)(C)CC1CCCC1. The Morgan fingerprint density at radius 3 is 2.00 bits per heavy atom. The molecule has 1 aliphatic carbocycles. The summed E-state index contributed by atoms with van der Waals surface area (Å²) >= 11 is 0. The van der Waals surface area contributed by atoms with Crippen LogP contribution in [0.1, 0.15) is 25.7 Å². The van der Waals surface area contributed by atoms with Gasteiger partial charge in [0, 0.05) is 5.92 Å². The van der Waals surface area contributed by atoms with E-state index in [1.165, 1.54) is 32.2 Å². The van der Waals surface area contributed by atoms with Crippen LogP contribution in [0.3, 0.4) is 0 Å². The fraction of sp³-hybridized carbons (Fsp3) is 1.00. The average molecular weight is 142 g/mol. The van der Waals surface area contributed by atoms with Gasteiger partial charge in [0.05, 0.1) is 27.7 Å². The summed E-state index contributed by atoms with van der Waals surface area (Å²) in [4.78, 5) is 0. The van der Waals surface area contributed by atoms with Crippen LogP contribution in [0.25, 0.3) is 0 Å². The number of rotatable bonds is 2. The van der Waals surface area contributed by atoms with Crippen LogP contribution in [0.4, 0.5) is 0 Å². The van der Waals surface area contributed by atoms with Crippen molar-refractivity contribution in [3.63, 3.8) is 0 Å². The monoisotopic (exact) mass is 142 g/mol. The van der Waals surface area contributed by atoms with Crippen molar-refractivity contribution >= 4 is 0 Å². The number of hydrogen-bond acceptors (Lipinski definition) is 0. The molecule has 0 bridgehead atoms. The molecule has 1 rings (SSSR count). The average Bonchev–Trinajstić information content (AvgIpc) is 2.12. The topological polar surface area (TPSA) is 0 Å². The minimum absolute atomic E-state index is 1.03. The van der Waals surface area contributed by atoms with E-state index in [4.69, 9.17) is 0 Å². The van der Waals surface area contributed by atoms with Gasteiger partial charge >= 0.3 is 0 Å². The quantitative estimate of drug-likeness (QED) is 0.516. The van der Waals surface area contributed by atoms with Gasteiger partial charge in [-0.05, 0) is 12.8 Å². The van der Waals surface area contributed by atoms with Crippen LogP contribution >= 0.6 is 0 Å². The van der Waals surface area contributed by atoms with Crippen molar-refractivity contribution in [1.82, 2.24) is 0 Å². The van der Waals surface area contributed by atoms with Gasteiger partial charge in [0.15, 0.2) is 0 Å². The second kappa shape index (κ2) is 2.91. The van der Waals surface area contributed by atoms with E-state index in [2.05, 4.69) is 21.1 Å². The Bertz CT molecular complexity index is 95.8. The third-order valence-electron chi connectivity index (χ3n) is 2.28. The molecule has 0 aromatic rings. The lowest BCUT2D eigenvalue weighted by atomic mass is 10.1. The highest BCUT2D eigenvalue weighted by atomic mass is 15.3. The lowest BCUT2D eigenvalue weighted by molar-refractivity contribution is -0.873. The zero-order valence-electron chi connectivity index (χ0n) is 7.56. The van der Waals surface area contributed by atoms with E-state index in [0.717, 1.165) is 10.4 Å². The number of quaternary nitrogens is 1. The first kappa shape index (κ1) is 8.06. The van der Waals surface area contributed by atoms with E-state index in [9.17, 15) is 0 Å². The minimum Gasteiger partial charge on any atom is -0.331 e. The van der Waals surface area contributed by atoms with E-state index in [-0.39, 0.29) is 0 Å². The fourth-order valence-corrected chi connectivity index (χ4v) is 1.97. The lowest BCUT2D eigenvalue weighted by Gasteiger charge is -2.27. The van der Waals surface area contributed by atoms with E-state index < -0.39 is 0 Å². The Labute approximate surface area is 64.6 Å². The molecule has 0 radical (unpaired) electrons. The van der Waals surface area contributed by atoms with Crippen molar-refractivity contribution < 1.29 is 4.48 Å². The summed E-state index contributed by atoms with van der Waals surface area (Å²) in [5.41, 5.74) is 0. The molecule has 0 saturated heterocycles. The molecule has 0 aliphatic heterocycles. The van der Waals surface area contributed by atoms with Gasteiger partial charge in [0.2, 0.25) is 0 Å². The van der Waals surface area contributed by atoms with Crippen LogP contribution in [0.15, 0.2) is 0 Å². The Morgan fingerprint density at radius 2 is 1.60 bits per heavy atom. The molecule has 0 unspecified atom stereocenters. The van der Waals surface area contributed by atoms with Crippen molar-refractivity contribution in [2.24, 2.45) is 5.92 Å². The van der Waals surface area contributed by atoms with Crippen LogP contribution < -0.4 is 0 Å².